The molecule has 1 fully saturated rings. The van der Waals surface area contributed by atoms with Crippen molar-refractivity contribution in [3.63, 3.8) is 0 Å². The molecule has 4 rings (SSSR count). The highest BCUT2D eigenvalue weighted by Gasteiger charge is 2.42. The normalized spacial score (nSPS) is 19.3. The molecular weight excluding hydrogens is 419 g/mol. The number of aromatic nitrogens is 4. The standard InChI is InChI=1S/C20H25F5N6/c1-11(2)10-31-14-4-5-19(21,22)8-12(14)15(30-31)27-17-26-9-13(20(23,24)25)16(28-17)29-18(3)6-7-18/h9,11H,4-8,10H2,1-3H3,(H2,26,27,28,29,30). The van der Waals surface area contributed by atoms with Crippen molar-refractivity contribution in [3.8, 4) is 0 Å². The largest absolute Gasteiger partial charge is 0.421 e. The third kappa shape index (κ3) is 4.74. The van der Waals surface area contributed by atoms with E-state index >= 15 is 0 Å². The molecular formula is C20H25F5N6. The van der Waals surface area contributed by atoms with Crippen LogP contribution in [0.5, 0.6) is 0 Å². The summed E-state index contributed by atoms with van der Waals surface area (Å²) < 4.78 is 70.1. The van der Waals surface area contributed by atoms with E-state index in [9.17, 15) is 22.0 Å². The Bertz CT molecular complexity index is 977. The summed E-state index contributed by atoms with van der Waals surface area (Å²) >= 11 is 0. The highest BCUT2D eigenvalue weighted by atomic mass is 19.4. The first-order valence-electron chi connectivity index (χ1n) is 10.3. The van der Waals surface area contributed by atoms with Gasteiger partial charge in [-0.25, -0.2) is 13.8 Å². The molecule has 0 spiro atoms. The molecule has 11 heteroatoms. The summed E-state index contributed by atoms with van der Waals surface area (Å²) in [5.41, 5.74) is -0.321. The fourth-order valence-corrected chi connectivity index (χ4v) is 3.69. The molecule has 0 amide bonds. The maximum absolute atomic E-state index is 14.1. The van der Waals surface area contributed by atoms with Gasteiger partial charge >= 0.3 is 6.18 Å². The average molecular weight is 444 g/mol. The minimum Gasteiger partial charge on any atom is -0.364 e. The zero-order chi connectivity index (χ0) is 22.6. The van der Waals surface area contributed by atoms with Crippen molar-refractivity contribution in [2.75, 3.05) is 10.6 Å². The molecule has 6 nitrogen and oxygen atoms in total. The van der Waals surface area contributed by atoms with Crippen LogP contribution in [-0.4, -0.2) is 31.2 Å². The third-order valence-corrected chi connectivity index (χ3v) is 5.61. The number of fused-ring (bicyclic) bond motifs is 1. The lowest BCUT2D eigenvalue weighted by Crippen LogP contribution is -2.27. The Morgan fingerprint density at radius 1 is 1.16 bits per heavy atom. The molecule has 2 heterocycles. The van der Waals surface area contributed by atoms with Gasteiger partial charge in [0, 0.05) is 42.4 Å². The van der Waals surface area contributed by atoms with Crippen LogP contribution >= 0.6 is 0 Å². The fraction of sp³-hybridized carbons (Fsp3) is 0.650. The molecule has 0 atom stereocenters. The Hall–Kier alpha value is -2.46. The molecule has 0 saturated heterocycles. The van der Waals surface area contributed by atoms with Crippen LogP contribution < -0.4 is 10.6 Å². The summed E-state index contributed by atoms with van der Waals surface area (Å²) in [7, 11) is 0. The van der Waals surface area contributed by atoms with Crippen molar-refractivity contribution in [2.45, 2.75) is 77.1 Å². The van der Waals surface area contributed by atoms with E-state index in [-0.39, 0.29) is 36.3 Å². The highest BCUT2D eigenvalue weighted by molar-refractivity contribution is 5.59. The number of halogens is 5. The van der Waals surface area contributed by atoms with Gasteiger partial charge in [0.1, 0.15) is 11.4 Å². The van der Waals surface area contributed by atoms with Crippen LogP contribution in [0.4, 0.5) is 39.5 Å². The van der Waals surface area contributed by atoms with Gasteiger partial charge in [-0.05, 0) is 32.1 Å². The number of nitrogens with one attached hydrogen (secondary N) is 2. The second-order valence-corrected chi connectivity index (χ2v) is 9.15. The van der Waals surface area contributed by atoms with Gasteiger partial charge < -0.3 is 10.6 Å². The lowest BCUT2D eigenvalue weighted by Gasteiger charge is -2.23. The number of nitrogens with zero attached hydrogens (tertiary/aromatic N) is 4. The first-order chi connectivity index (χ1) is 14.4. The molecule has 2 N–H and O–H groups in total. The molecule has 0 aromatic carbocycles. The van der Waals surface area contributed by atoms with Gasteiger partial charge in [-0.1, -0.05) is 13.8 Å². The van der Waals surface area contributed by atoms with Crippen LogP contribution in [-0.2, 0) is 25.6 Å². The predicted octanol–water partition coefficient (Wildman–Crippen LogP) is 5.18. The van der Waals surface area contributed by atoms with Crippen molar-refractivity contribution >= 4 is 17.6 Å². The van der Waals surface area contributed by atoms with Crippen molar-refractivity contribution in [2.24, 2.45) is 5.92 Å². The SMILES string of the molecule is CC(C)Cn1nc(Nc2ncc(C(F)(F)F)c(NC3(C)CC3)n2)c2c1CCC(F)(F)C2. The lowest BCUT2D eigenvalue weighted by molar-refractivity contribution is -0.137. The fourth-order valence-electron chi connectivity index (χ4n) is 3.69. The number of anilines is 3. The minimum atomic E-state index is -4.62. The third-order valence-electron chi connectivity index (χ3n) is 5.61. The average Bonchev–Trinajstić information content (AvgIpc) is 3.26. The monoisotopic (exact) mass is 444 g/mol. The first kappa shape index (κ1) is 21.8. The summed E-state index contributed by atoms with van der Waals surface area (Å²) in [6.07, 6.45) is -3.00. The van der Waals surface area contributed by atoms with Crippen LogP contribution in [0.2, 0.25) is 0 Å². The van der Waals surface area contributed by atoms with Gasteiger partial charge in [0.05, 0.1) is 0 Å². The van der Waals surface area contributed by atoms with Crippen molar-refractivity contribution in [1.29, 1.82) is 0 Å². The zero-order valence-electron chi connectivity index (χ0n) is 17.6. The van der Waals surface area contributed by atoms with E-state index in [0.29, 0.717) is 18.3 Å². The van der Waals surface area contributed by atoms with E-state index in [1.54, 1.807) is 4.68 Å². The molecule has 0 unspecified atom stereocenters. The van der Waals surface area contributed by atoms with E-state index in [4.69, 9.17) is 0 Å². The Morgan fingerprint density at radius 2 is 1.87 bits per heavy atom. The molecule has 2 aliphatic rings. The second kappa shape index (κ2) is 7.30. The van der Waals surface area contributed by atoms with Crippen LogP contribution in [0.25, 0.3) is 0 Å². The van der Waals surface area contributed by atoms with Gasteiger partial charge in [-0.3, -0.25) is 4.68 Å². The molecule has 2 aliphatic carbocycles. The zero-order valence-corrected chi connectivity index (χ0v) is 17.6. The molecule has 2 aromatic heterocycles. The lowest BCUT2D eigenvalue weighted by atomic mass is 9.93. The van der Waals surface area contributed by atoms with E-state index in [1.807, 2.05) is 20.8 Å². The Labute approximate surface area is 176 Å². The molecule has 1 saturated carbocycles. The highest BCUT2D eigenvalue weighted by Crippen LogP contribution is 2.42. The number of hydrogen-bond acceptors (Lipinski definition) is 5. The van der Waals surface area contributed by atoms with E-state index in [0.717, 1.165) is 18.5 Å². The Kier molecular flexibility index (Phi) is 5.13. The Morgan fingerprint density at radius 3 is 2.48 bits per heavy atom. The Balaban J connectivity index is 1.69. The summed E-state index contributed by atoms with van der Waals surface area (Å²) in [5, 5.41) is 10.1. The van der Waals surface area contributed by atoms with Crippen molar-refractivity contribution in [3.05, 3.63) is 23.0 Å². The minimum absolute atomic E-state index is 0.120. The van der Waals surface area contributed by atoms with E-state index in [2.05, 4.69) is 25.7 Å². The van der Waals surface area contributed by atoms with Crippen LogP contribution in [0.15, 0.2) is 6.20 Å². The number of alkyl halides is 5. The summed E-state index contributed by atoms with van der Waals surface area (Å²) in [6, 6.07) is 0. The summed E-state index contributed by atoms with van der Waals surface area (Å²) in [6.45, 7) is 6.35. The number of rotatable bonds is 6. The van der Waals surface area contributed by atoms with E-state index < -0.39 is 29.6 Å². The molecule has 0 bridgehead atoms. The van der Waals surface area contributed by atoms with Gasteiger partial charge in [0.2, 0.25) is 5.95 Å². The predicted molar refractivity (Wildman–Crippen MR) is 106 cm³/mol. The van der Waals surface area contributed by atoms with Crippen LogP contribution in [0.3, 0.4) is 0 Å². The van der Waals surface area contributed by atoms with E-state index in [1.165, 1.54) is 0 Å². The van der Waals surface area contributed by atoms with Gasteiger partial charge in [-0.2, -0.15) is 23.3 Å². The van der Waals surface area contributed by atoms with Crippen molar-refractivity contribution in [1.82, 2.24) is 19.7 Å². The molecule has 0 aliphatic heterocycles. The van der Waals surface area contributed by atoms with Crippen molar-refractivity contribution < 1.29 is 22.0 Å². The first-order valence-corrected chi connectivity index (χ1v) is 10.3. The molecule has 2 aromatic rings. The maximum atomic E-state index is 14.1. The summed E-state index contributed by atoms with van der Waals surface area (Å²) in [5.74, 6) is -2.89. The van der Waals surface area contributed by atoms with Gasteiger partial charge in [-0.15, -0.1) is 0 Å². The smallest absolute Gasteiger partial charge is 0.364 e. The number of hydrogen-bond donors (Lipinski definition) is 2. The second-order valence-electron chi connectivity index (χ2n) is 9.15. The quantitative estimate of drug-likeness (QED) is 0.601. The van der Waals surface area contributed by atoms with Crippen LogP contribution in [0.1, 0.15) is 56.9 Å². The van der Waals surface area contributed by atoms with Gasteiger partial charge in [0.15, 0.2) is 5.82 Å². The summed E-state index contributed by atoms with van der Waals surface area (Å²) in [4.78, 5) is 7.81. The maximum Gasteiger partial charge on any atom is 0.421 e. The van der Waals surface area contributed by atoms with Crippen LogP contribution in [0, 0.1) is 5.92 Å². The molecule has 31 heavy (non-hydrogen) atoms. The van der Waals surface area contributed by atoms with Gasteiger partial charge in [0.25, 0.3) is 5.92 Å². The molecule has 170 valence electrons. The topological polar surface area (TPSA) is 67.7 Å². The molecule has 0 radical (unpaired) electrons.